The van der Waals surface area contributed by atoms with E-state index in [9.17, 15) is 0 Å². The van der Waals surface area contributed by atoms with Gasteiger partial charge in [0.2, 0.25) is 0 Å². The quantitative estimate of drug-likeness (QED) is 0.829. The van der Waals surface area contributed by atoms with Crippen molar-refractivity contribution in [2.45, 2.75) is 77.4 Å². The third kappa shape index (κ3) is 3.76. The van der Waals surface area contributed by atoms with Crippen LogP contribution >= 0.6 is 0 Å². The molecule has 1 N–H and O–H groups in total. The number of hydrogen-bond donors (Lipinski definition) is 1. The third-order valence-electron chi connectivity index (χ3n) is 4.86. The SMILES string of the molecule is CCc1cc(CNC2CC2)cc(N(CC)C2CCCC2)n1. The van der Waals surface area contributed by atoms with Crippen molar-refractivity contribution in [1.29, 1.82) is 0 Å². The number of hydrogen-bond acceptors (Lipinski definition) is 3. The van der Waals surface area contributed by atoms with Gasteiger partial charge in [-0.3, -0.25) is 0 Å². The molecule has 0 unspecified atom stereocenters. The molecule has 0 bridgehead atoms. The highest BCUT2D eigenvalue weighted by Gasteiger charge is 2.24. The zero-order valence-electron chi connectivity index (χ0n) is 13.6. The van der Waals surface area contributed by atoms with E-state index in [-0.39, 0.29) is 0 Å². The monoisotopic (exact) mass is 287 g/mol. The molecular formula is C18H29N3. The molecule has 0 aliphatic heterocycles. The van der Waals surface area contributed by atoms with E-state index >= 15 is 0 Å². The van der Waals surface area contributed by atoms with Crippen molar-refractivity contribution >= 4 is 5.82 Å². The van der Waals surface area contributed by atoms with E-state index in [1.54, 1.807) is 0 Å². The molecule has 2 fully saturated rings. The maximum Gasteiger partial charge on any atom is 0.129 e. The van der Waals surface area contributed by atoms with Crippen LogP contribution in [-0.4, -0.2) is 23.6 Å². The van der Waals surface area contributed by atoms with Gasteiger partial charge < -0.3 is 10.2 Å². The summed E-state index contributed by atoms with van der Waals surface area (Å²) >= 11 is 0. The fraction of sp³-hybridized carbons (Fsp3) is 0.722. The molecule has 0 radical (unpaired) electrons. The molecule has 0 saturated heterocycles. The number of nitrogens with zero attached hydrogens (tertiary/aromatic N) is 2. The average Bonchev–Trinajstić information content (AvgIpc) is 3.20. The Labute approximate surface area is 129 Å². The number of nitrogens with one attached hydrogen (secondary N) is 1. The van der Waals surface area contributed by atoms with Crippen LogP contribution in [0.1, 0.15) is 63.6 Å². The van der Waals surface area contributed by atoms with Crippen LogP contribution in [-0.2, 0) is 13.0 Å². The Hall–Kier alpha value is -1.09. The summed E-state index contributed by atoms with van der Waals surface area (Å²) < 4.78 is 0. The standard InChI is InChI=1S/C18H29N3/c1-3-15-11-14(13-19-16-9-10-16)12-18(20-15)21(4-2)17-7-5-6-8-17/h11-12,16-17,19H,3-10,13H2,1-2H3. The van der Waals surface area contributed by atoms with E-state index < -0.39 is 0 Å². The van der Waals surface area contributed by atoms with E-state index in [2.05, 4.69) is 36.2 Å². The first kappa shape index (κ1) is 14.8. The minimum absolute atomic E-state index is 0.707. The maximum absolute atomic E-state index is 4.91. The highest BCUT2D eigenvalue weighted by atomic mass is 15.2. The smallest absolute Gasteiger partial charge is 0.129 e. The van der Waals surface area contributed by atoms with E-state index in [1.807, 2.05) is 0 Å². The molecule has 0 aromatic carbocycles. The summed E-state index contributed by atoms with van der Waals surface area (Å²) in [6.07, 6.45) is 9.15. The lowest BCUT2D eigenvalue weighted by molar-refractivity contribution is 0.610. The first-order chi connectivity index (χ1) is 10.3. The van der Waals surface area contributed by atoms with E-state index in [1.165, 1.54) is 55.6 Å². The second kappa shape index (κ2) is 6.78. The summed E-state index contributed by atoms with van der Waals surface area (Å²) in [4.78, 5) is 7.44. The highest BCUT2D eigenvalue weighted by molar-refractivity contribution is 5.44. The zero-order chi connectivity index (χ0) is 14.7. The van der Waals surface area contributed by atoms with Gasteiger partial charge in [0, 0.05) is 30.9 Å². The normalized spacial score (nSPS) is 19.1. The summed E-state index contributed by atoms with van der Waals surface area (Å²) in [7, 11) is 0. The Balaban J connectivity index is 1.78. The van der Waals surface area contributed by atoms with Gasteiger partial charge in [0.15, 0.2) is 0 Å². The van der Waals surface area contributed by atoms with E-state index in [0.29, 0.717) is 6.04 Å². The molecule has 1 heterocycles. The van der Waals surface area contributed by atoms with Crippen LogP contribution in [0.25, 0.3) is 0 Å². The predicted molar refractivity (Wildman–Crippen MR) is 88.8 cm³/mol. The lowest BCUT2D eigenvalue weighted by Crippen LogP contribution is -2.34. The van der Waals surface area contributed by atoms with Gasteiger partial charge in [-0.1, -0.05) is 19.8 Å². The molecular weight excluding hydrogens is 258 g/mol. The molecule has 2 saturated carbocycles. The van der Waals surface area contributed by atoms with Crippen molar-refractivity contribution < 1.29 is 0 Å². The number of aromatic nitrogens is 1. The predicted octanol–water partition coefficient (Wildman–Crippen LogP) is 3.66. The van der Waals surface area contributed by atoms with Crippen molar-refractivity contribution in [3.8, 4) is 0 Å². The average molecular weight is 287 g/mol. The molecule has 0 amide bonds. The topological polar surface area (TPSA) is 28.2 Å². The minimum atomic E-state index is 0.707. The van der Waals surface area contributed by atoms with Gasteiger partial charge in [-0.15, -0.1) is 0 Å². The number of aryl methyl sites for hydroxylation is 1. The third-order valence-corrected chi connectivity index (χ3v) is 4.86. The van der Waals surface area contributed by atoms with Crippen LogP contribution in [0.4, 0.5) is 5.82 Å². The second-order valence-electron chi connectivity index (χ2n) is 6.56. The van der Waals surface area contributed by atoms with E-state index in [4.69, 9.17) is 4.98 Å². The zero-order valence-corrected chi connectivity index (χ0v) is 13.6. The lowest BCUT2D eigenvalue weighted by Gasteiger charge is -2.29. The molecule has 3 rings (SSSR count). The molecule has 116 valence electrons. The Bertz CT molecular complexity index is 462. The van der Waals surface area contributed by atoms with E-state index in [0.717, 1.165) is 25.6 Å². The van der Waals surface area contributed by atoms with Crippen LogP contribution in [0, 0.1) is 0 Å². The molecule has 1 aromatic rings. The Morgan fingerprint density at radius 2 is 1.90 bits per heavy atom. The molecule has 21 heavy (non-hydrogen) atoms. The molecule has 1 aromatic heterocycles. The molecule has 0 spiro atoms. The summed E-state index contributed by atoms with van der Waals surface area (Å²) in [5.74, 6) is 1.20. The molecule has 2 aliphatic carbocycles. The first-order valence-corrected chi connectivity index (χ1v) is 8.80. The van der Waals surface area contributed by atoms with Gasteiger partial charge >= 0.3 is 0 Å². The van der Waals surface area contributed by atoms with Gasteiger partial charge in [0.1, 0.15) is 5.82 Å². The summed E-state index contributed by atoms with van der Waals surface area (Å²) in [5.41, 5.74) is 2.64. The second-order valence-corrected chi connectivity index (χ2v) is 6.56. The van der Waals surface area contributed by atoms with Crippen LogP contribution in [0.5, 0.6) is 0 Å². The minimum Gasteiger partial charge on any atom is -0.354 e. The van der Waals surface area contributed by atoms with Crippen molar-refractivity contribution in [2.75, 3.05) is 11.4 Å². The van der Waals surface area contributed by atoms with Crippen LogP contribution in [0.15, 0.2) is 12.1 Å². The van der Waals surface area contributed by atoms with Crippen molar-refractivity contribution in [2.24, 2.45) is 0 Å². The molecule has 3 nitrogen and oxygen atoms in total. The van der Waals surface area contributed by atoms with Gasteiger partial charge in [-0.25, -0.2) is 4.98 Å². The Kier molecular flexibility index (Phi) is 4.79. The molecule has 2 aliphatic rings. The maximum atomic E-state index is 4.91. The van der Waals surface area contributed by atoms with Crippen LogP contribution in [0.2, 0.25) is 0 Å². The van der Waals surface area contributed by atoms with Gasteiger partial charge in [0.25, 0.3) is 0 Å². The number of anilines is 1. The lowest BCUT2D eigenvalue weighted by atomic mass is 10.1. The summed E-state index contributed by atoms with van der Waals surface area (Å²) in [5, 5.41) is 3.63. The van der Waals surface area contributed by atoms with Gasteiger partial charge in [0.05, 0.1) is 0 Å². The van der Waals surface area contributed by atoms with Gasteiger partial charge in [-0.05, 0) is 56.7 Å². The fourth-order valence-electron chi connectivity index (χ4n) is 3.44. The number of rotatable bonds is 7. The van der Waals surface area contributed by atoms with Gasteiger partial charge in [-0.2, -0.15) is 0 Å². The first-order valence-electron chi connectivity index (χ1n) is 8.80. The van der Waals surface area contributed by atoms with Crippen molar-refractivity contribution in [1.82, 2.24) is 10.3 Å². The Morgan fingerprint density at radius 3 is 2.52 bits per heavy atom. The largest absolute Gasteiger partial charge is 0.354 e. The molecule has 3 heteroatoms. The summed E-state index contributed by atoms with van der Waals surface area (Å²) in [6.45, 7) is 6.53. The fourth-order valence-corrected chi connectivity index (χ4v) is 3.44. The molecule has 0 atom stereocenters. The van der Waals surface area contributed by atoms with Crippen molar-refractivity contribution in [3.05, 3.63) is 23.4 Å². The van der Waals surface area contributed by atoms with Crippen LogP contribution < -0.4 is 10.2 Å². The van der Waals surface area contributed by atoms with Crippen molar-refractivity contribution in [3.63, 3.8) is 0 Å². The van der Waals surface area contributed by atoms with Crippen LogP contribution in [0.3, 0.4) is 0 Å². The summed E-state index contributed by atoms with van der Waals surface area (Å²) in [6, 6.07) is 6.07. The number of pyridine rings is 1. The Morgan fingerprint density at radius 1 is 1.14 bits per heavy atom. The highest BCUT2D eigenvalue weighted by Crippen LogP contribution is 2.28.